The Labute approximate surface area is 205 Å². The number of nitrogens with two attached hydrogens (primary N) is 1. The Morgan fingerprint density at radius 3 is 2.77 bits per heavy atom. The molecule has 35 heavy (non-hydrogen) atoms. The summed E-state index contributed by atoms with van der Waals surface area (Å²) in [6.07, 6.45) is 8.47. The number of quaternary nitrogens is 1. The Balaban J connectivity index is 1.37. The average molecular weight is 516 g/mol. The Hall–Kier alpha value is -3.52. The number of hydrogen-bond acceptors (Lipinski definition) is 10. The molecule has 0 aliphatic carbocycles. The molecule has 0 fully saturated rings. The lowest BCUT2D eigenvalue weighted by molar-refractivity contribution is -0.566. The van der Waals surface area contributed by atoms with Gasteiger partial charge in [-0.15, -0.1) is 0 Å². The second-order valence-electron chi connectivity index (χ2n) is 8.02. The Kier molecular flexibility index (Phi) is 7.03. The molecule has 1 aromatic carbocycles. The number of amides is 1. The van der Waals surface area contributed by atoms with Crippen LogP contribution in [0.5, 0.6) is 0 Å². The maximum Gasteiger partial charge on any atom is 0.370 e. The van der Waals surface area contributed by atoms with E-state index < -0.39 is 16.2 Å². The number of carbonyl (C=O) groups excluding carboxylic acids is 2. The molecule has 0 saturated heterocycles. The number of carbonyl (C=O) groups is 2. The van der Waals surface area contributed by atoms with Gasteiger partial charge in [0, 0.05) is 5.92 Å². The van der Waals surface area contributed by atoms with Crippen LogP contribution in [0.15, 0.2) is 69.3 Å². The van der Waals surface area contributed by atoms with E-state index in [0.29, 0.717) is 27.6 Å². The first kappa shape index (κ1) is 24.6. The van der Waals surface area contributed by atoms with Crippen LogP contribution < -0.4 is 16.2 Å². The lowest BCUT2D eigenvalue weighted by Crippen LogP contribution is -2.80. The van der Waals surface area contributed by atoms with Crippen molar-refractivity contribution in [3.05, 3.63) is 54.2 Å². The summed E-state index contributed by atoms with van der Waals surface area (Å²) in [6.45, 7) is 4.06. The van der Waals surface area contributed by atoms with Gasteiger partial charge < -0.3 is 5.32 Å². The van der Waals surface area contributed by atoms with Crippen molar-refractivity contribution in [3.63, 3.8) is 0 Å². The van der Waals surface area contributed by atoms with E-state index in [2.05, 4.69) is 25.9 Å². The van der Waals surface area contributed by atoms with Gasteiger partial charge in [-0.05, 0) is 24.3 Å². The summed E-state index contributed by atoms with van der Waals surface area (Å²) < 4.78 is 32.6. The number of anilines is 1. The van der Waals surface area contributed by atoms with Crippen LogP contribution in [-0.2, 0) is 19.7 Å². The third-order valence-corrected chi connectivity index (χ3v) is 7.02. The Morgan fingerprint density at radius 1 is 1.26 bits per heavy atom. The molecule has 1 atom stereocenters. The molecular weight excluding hydrogens is 492 g/mol. The van der Waals surface area contributed by atoms with Crippen molar-refractivity contribution in [3.8, 4) is 0 Å². The van der Waals surface area contributed by atoms with Crippen molar-refractivity contribution in [2.45, 2.75) is 24.8 Å². The summed E-state index contributed by atoms with van der Waals surface area (Å²) in [5, 5.41) is 11.8. The van der Waals surface area contributed by atoms with Gasteiger partial charge in [-0.2, -0.15) is 18.9 Å². The molecule has 0 spiro atoms. The average Bonchev–Trinajstić information content (AvgIpc) is 3.48. The van der Waals surface area contributed by atoms with Crippen molar-refractivity contribution in [1.82, 2.24) is 10.4 Å². The zero-order valence-electron chi connectivity index (χ0n) is 18.8. The Bertz CT molecular complexity index is 1450. The maximum atomic E-state index is 12.2. The monoisotopic (exact) mass is 515 g/mol. The van der Waals surface area contributed by atoms with E-state index in [-0.39, 0.29) is 29.0 Å². The topological polar surface area (TPSA) is 167 Å². The quantitative estimate of drug-likeness (QED) is 0.175. The number of primary amides is 1. The fourth-order valence-corrected chi connectivity index (χ4v) is 4.73. The third-order valence-electron chi connectivity index (χ3n) is 5.17. The van der Waals surface area contributed by atoms with E-state index in [4.69, 9.17) is 0 Å². The Morgan fingerprint density at radius 2 is 2.06 bits per heavy atom. The highest BCUT2D eigenvalue weighted by molar-refractivity contribution is 7.85. The smallest absolute Gasteiger partial charge is 0.356 e. The molecule has 2 aliphatic rings. The highest BCUT2D eigenvalue weighted by Gasteiger charge is 2.29. The summed E-state index contributed by atoms with van der Waals surface area (Å²) in [5.41, 5.74) is 5.96. The summed E-state index contributed by atoms with van der Waals surface area (Å²) in [4.78, 5) is 28.5. The van der Waals surface area contributed by atoms with Crippen LogP contribution in [0.2, 0.25) is 0 Å². The van der Waals surface area contributed by atoms with Crippen LogP contribution in [0, 0.1) is 5.92 Å². The predicted molar refractivity (Wildman–Crippen MR) is 133 cm³/mol. The standard InChI is InChI=1S/C22H22N6O5S2/c1-12(2)19-20(29)15(25-27-19)7-5-3-4-6-14-17(26-28-21(14)30)11-23-22-24-16-10-13(35(31,32)33)8-9-18(16)34-22/h3-10,12,15,25H,11H2,1-2H3,(H,23,24)(H,28,30)(H,31,32,33)/p+1. The van der Waals surface area contributed by atoms with E-state index in [1.807, 2.05) is 13.8 Å². The van der Waals surface area contributed by atoms with Crippen molar-refractivity contribution in [2.24, 2.45) is 16.1 Å². The van der Waals surface area contributed by atoms with Gasteiger partial charge in [0.2, 0.25) is 5.78 Å². The van der Waals surface area contributed by atoms with E-state index in [1.165, 1.54) is 28.9 Å². The fourth-order valence-electron chi connectivity index (χ4n) is 3.39. The van der Waals surface area contributed by atoms with Gasteiger partial charge in [-0.3, -0.25) is 14.8 Å². The first-order valence-electron chi connectivity index (χ1n) is 10.6. The number of nitrogens with one attached hydrogen (secondary N) is 2. The normalized spacial score (nSPS) is 20.0. The lowest BCUT2D eigenvalue weighted by atomic mass is 10.0. The van der Waals surface area contributed by atoms with Crippen LogP contribution in [0.4, 0.5) is 5.13 Å². The summed E-state index contributed by atoms with van der Waals surface area (Å²) in [6, 6.07) is 3.69. The number of nitrogens with zero attached hydrogens (tertiary/aromatic N) is 3. The molecule has 1 unspecified atom stereocenters. The molecular formula is C22H23N6O5S2+. The van der Waals surface area contributed by atoms with Gasteiger partial charge in [0.1, 0.15) is 23.0 Å². The number of thiazole rings is 1. The highest BCUT2D eigenvalue weighted by Crippen LogP contribution is 2.28. The number of hydrogen-bond donors (Lipinski definition) is 4. The molecule has 182 valence electrons. The van der Waals surface area contributed by atoms with Crippen LogP contribution >= 0.6 is 11.3 Å². The summed E-state index contributed by atoms with van der Waals surface area (Å²) in [5.74, 6) is -0.213. The van der Waals surface area contributed by atoms with Crippen molar-refractivity contribution >= 4 is 59.9 Å². The number of aromatic nitrogens is 1. The van der Waals surface area contributed by atoms with Gasteiger partial charge in [-0.1, -0.05) is 54.6 Å². The van der Waals surface area contributed by atoms with Crippen LogP contribution in [0.25, 0.3) is 10.2 Å². The van der Waals surface area contributed by atoms with E-state index in [0.717, 1.165) is 4.70 Å². The second-order valence-corrected chi connectivity index (χ2v) is 10.5. The van der Waals surface area contributed by atoms with Crippen LogP contribution in [0.3, 0.4) is 0 Å². The molecule has 1 amide bonds. The number of ketones is 1. The van der Waals surface area contributed by atoms with Crippen molar-refractivity contribution in [1.29, 1.82) is 0 Å². The molecule has 1 aromatic heterocycles. The fraction of sp³-hybridized carbons (Fsp3) is 0.227. The van der Waals surface area contributed by atoms with E-state index in [9.17, 15) is 22.6 Å². The molecule has 11 nitrogen and oxygen atoms in total. The van der Waals surface area contributed by atoms with Gasteiger partial charge >= 0.3 is 5.91 Å². The van der Waals surface area contributed by atoms with Crippen LogP contribution in [0.1, 0.15) is 13.8 Å². The SMILES string of the molecule is CC(C)C1=NNC(C=CC=CC=C2C(=O)[NH2+]N=C2CNc2nc3cc(S(=O)(=O)O)ccc3s2)C1=O. The van der Waals surface area contributed by atoms with Crippen molar-refractivity contribution in [2.75, 3.05) is 11.9 Å². The van der Waals surface area contributed by atoms with E-state index in [1.54, 1.807) is 36.4 Å². The molecule has 3 heterocycles. The molecule has 0 saturated carbocycles. The lowest BCUT2D eigenvalue weighted by Gasteiger charge is -2.02. The van der Waals surface area contributed by atoms with Crippen LogP contribution in [-0.4, -0.2) is 53.7 Å². The number of fused-ring (bicyclic) bond motifs is 1. The predicted octanol–water partition coefficient (Wildman–Crippen LogP) is 1.01. The third kappa shape index (κ3) is 5.59. The zero-order valence-corrected chi connectivity index (χ0v) is 20.4. The first-order chi connectivity index (χ1) is 16.6. The van der Waals surface area contributed by atoms with Gasteiger partial charge in [0.15, 0.2) is 5.13 Å². The number of rotatable bonds is 8. The van der Waals surface area contributed by atoms with E-state index >= 15 is 0 Å². The van der Waals surface area contributed by atoms with Gasteiger partial charge in [-0.25, -0.2) is 9.78 Å². The number of allylic oxidation sites excluding steroid dienone is 4. The molecule has 0 bridgehead atoms. The maximum absolute atomic E-state index is 12.2. The number of hydrazone groups is 1. The zero-order chi connectivity index (χ0) is 25.2. The summed E-state index contributed by atoms with van der Waals surface area (Å²) >= 11 is 1.31. The number of Topliss-reactive ketones (excluding diaryl/α,β-unsaturated/α-hetero) is 1. The molecule has 5 N–H and O–H groups in total. The minimum absolute atomic E-state index is 0.0480. The summed E-state index contributed by atoms with van der Waals surface area (Å²) in [7, 11) is -4.31. The molecule has 13 heteroatoms. The van der Waals surface area contributed by atoms with Gasteiger partial charge in [0.05, 0.1) is 21.7 Å². The molecule has 0 radical (unpaired) electrons. The van der Waals surface area contributed by atoms with Gasteiger partial charge in [0.25, 0.3) is 10.1 Å². The molecule has 4 rings (SSSR count). The minimum atomic E-state index is -4.31. The largest absolute Gasteiger partial charge is 0.370 e. The first-order valence-corrected chi connectivity index (χ1v) is 12.9. The highest BCUT2D eigenvalue weighted by atomic mass is 32.2. The second kappa shape index (κ2) is 10.00. The van der Waals surface area contributed by atoms with Crippen molar-refractivity contribution < 1.29 is 28.0 Å². The molecule has 2 aromatic rings. The molecule has 2 aliphatic heterocycles. The minimum Gasteiger partial charge on any atom is -0.356 e. The number of benzene rings is 1.